The largest absolute Gasteiger partial charge is 0.271 e. The van der Waals surface area contributed by atoms with E-state index in [1.54, 1.807) is 0 Å². The molecule has 0 aliphatic heterocycles. The first-order valence-corrected chi connectivity index (χ1v) is 6.08. The highest BCUT2D eigenvalue weighted by Crippen LogP contribution is 2.29. The van der Waals surface area contributed by atoms with Crippen molar-refractivity contribution in [3.8, 4) is 0 Å². The highest BCUT2D eigenvalue weighted by molar-refractivity contribution is 6.30. The van der Waals surface area contributed by atoms with Gasteiger partial charge in [0.05, 0.1) is 11.1 Å². The molecule has 3 N–H and O–H groups in total. The predicted molar refractivity (Wildman–Crippen MR) is 71.7 cm³/mol. The maximum Gasteiger partial charge on any atom is 0.142 e. The van der Waals surface area contributed by atoms with Crippen molar-refractivity contribution in [3.63, 3.8) is 0 Å². The zero-order valence-corrected chi connectivity index (χ0v) is 11.0. The Hall–Kier alpha value is -1.49. The fourth-order valence-electron chi connectivity index (χ4n) is 2.02. The summed E-state index contributed by atoms with van der Waals surface area (Å²) in [7, 11) is 0. The van der Waals surface area contributed by atoms with Crippen molar-refractivity contribution in [1.82, 2.24) is 5.43 Å². The third-order valence-corrected chi connectivity index (χ3v) is 3.31. The number of hydrazine groups is 1. The second-order valence-electron chi connectivity index (χ2n) is 4.24. The molecule has 0 spiro atoms. The standard InChI is InChI=1S/C14H13ClF2N2/c1-8-4-2-3-5-9(8)14(19-18)10-6-13(17)11(15)7-12(10)16/h2-7,14,19H,18H2,1H3. The van der Waals surface area contributed by atoms with Crippen LogP contribution in [-0.4, -0.2) is 0 Å². The summed E-state index contributed by atoms with van der Waals surface area (Å²) in [5.74, 6) is 4.22. The van der Waals surface area contributed by atoms with Gasteiger partial charge in [-0.15, -0.1) is 0 Å². The lowest BCUT2D eigenvalue weighted by atomic mass is 9.95. The van der Waals surface area contributed by atoms with E-state index in [1.165, 1.54) is 0 Å². The normalized spacial score (nSPS) is 12.5. The van der Waals surface area contributed by atoms with E-state index < -0.39 is 17.7 Å². The molecular formula is C14H13ClF2N2. The summed E-state index contributed by atoms with van der Waals surface area (Å²) >= 11 is 5.54. The minimum absolute atomic E-state index is 0.124. The second-order valence-corrected chi connectivity index (χ2v) is 4.65. The predicted octanol–water partition coefficient (Wildman–Crippen LogP) is 3.48. The lowest BCUT2D eigenvalue weighted by molar-refractivity contribution is 0.545. The molecule has 0 radical (unpaired) electrons. The highest BCUT2D eigenvalue weighted by atomic mass is 35.5. The van der Waals surface area contributed by atoms with Crippen molar-refractivity contribution in [1.29, 1.82) is 0 Å². The summed E-state index contributed by atoms with van der Waals surface area (Å²) in [6.45, 7) is 1.88. The summed E-state index contributed by atoms with van der Waals surface area (Å²) in [5, 5.41) is -0.248. The zero-order valence-electron chi connectivity index (χ0n) is 10.3. The number of rotatable bonds is 3. The van der Waals surface area contributed by atoms with Crippen LogP contribution in [0.4, 0.5) is 8.78 Å². The van der Waals surface area contributed by atoms with Crippen molar-refractivity contribution >= 4 is 11.6 Å². The molecule has 19 heavy (non-hydrogen) atoms. The van der Waals surface area contributed by atoms with Crippen LogP contribution in [0, 0.1) is 18.6 Å². The van der Waals surface area contributed by atoms with Gasteiger partial charge in [-0.05, 0) is 30.2 Å². The minimum atomic E-state index is -0.674. The average Bonchev–Trinajstić information content (AvgIpc) is 2.38. The minimum Gasteiger partial charge on any atom is -0.271 e. The molecule has 0 aromatic heterocycles. The lowest BCUT2D eigenvalue weighted by Gasteiger charge is -2.20. The number of nitrogens with one attached hydrogen (secondary N) is 1. The maximum atomic E-state index is 13.9. The molecule has 2 rings (SSSR count). The third kappa shape index (κ3) is 2.76. The van der Waals surface area contributed by atoms with Crippen LogP contribution in [0.15, 0.2) is 36.4 Å². The molecule has 2 aromatic rings. The van der Waals surface area contributed by atoms with Crippen LogP contribution in [0.3, 0.4) is 0 Å². The Bertz CT molecular complexity index is 602. The molecular weight excluding hydrogens is 270 g/mol. The molecule has 0 aliphatic carbocycles. The van der Waals surface area contributed by atoms with E-state index in [0.29, 0.717) is 0 Å². The number of benzene rings is 2. The molecule has 0 saturated carbocycles. The number of halogens is 3. The average molecular weight is 283 g/mol. The summed E-state index contributed by atoms with van der Waals surface area (Å²) in [6, 6.07) is 8.76. The van der Waals surface area contributed by atoms with E-state index in [1.807, 2.05) is 31.2 Å². The van der Waals surface area contributed by atoms with Gasteiger partial charge in [0.25, 0.3) is 0 Å². The zero-order chi connectivity index (χ0) is 14.0. The van der Waals surface area contributed by atoms with Gasteiger partial charge in [0.15, 0.2) is 0 Å². The van der Waals surface area contributed by atoms with E-state index in [4.69, 9.17) is 17.4 Å². The van der Waals surface area contributed by atoms with E-state index in [0.717, 1.165) is 23.3 Å². The van der Waals surface area contributed by atoms with Gasteiger partial charge in [-0.1, -0.05) is 35.9 Å². The van der Waals surface area contributed by atoms with E-state index in [-0.39, 0.29) is 10.6 Å². The van der Waals surface area contributed by atoms with Gasteiger partial charge >= 0.3 is 0 Å². The molecule has 2 nitrogen and oxygen atoms in total. The Balaban J connectivity index is 2.55. The Morgan fingerprint density at radius 1 is 1.11 bits per heavy atom. The lowest BCUT2D eigenvalue weighted by Crippen LogP contribution is -2.30. The molecule has 0 aliphatic rings. The maximum absolute atomic E-state index is 13.9. The summed E-state index contributed by atoms with van der Waals surface area (Å²) < 4.78 is 27.4. The van der Waals surface area contributed by atoms with E-state index >= 15 is 0 Å². The summed E-state index contributed by atoms with van der Waals surface area (Å²) in [5.41, 5.74) is 4.35. The summed E-state index contributed by atoms with van der Waals surface area (Å²) in [6.07, 6.45) is 0. The van der Waals surface area contributed by atoms with Gasteiger partial charge in [-0.3, -0.25) is 5.84 Å². The Morgan fingerprint density at radius 2 is 1.79 bits per heavy atom. The molecule has 2 aromatic carbocycles. The first kappa shape index (κ1) is 13.9. The fraction of sp³-hybridized carbons (Fsp3) is 0.143. The van der Waals surface area contributed by atoms with Crippen molar-refractivity contribution < 1.29 is 8.78 Å². The molecule has 1 unspecified atom stereocenters. The van der Waals surface area contributed by atoms with Crippen molar-refractivity contribution in [2.45, 2.75) is 13.0 Å². The van der Waals surface area contributed by atoms with Crippen molar-refractivity contribution in [2.75, 3.05) is 0 Å². The van der Waals surface area contributed by atoms with Crippen molar-refractivity contribution in [3.05, 3.63) is 69.7 Å². The molecule has 0 saturated heterocycles. The SMILES string of the molecule is Cc1ccccc1C(NN)c1cc(F)c(Cl)cc1F. The van der Waals surface area contributed by atoms with Gasteiger partial charge in [0.1, 0.15) is 11.6 Å². The summed E-state index contributed by atoms with van der Waals surface area (Å²) in [4.78, 5) is 0. The Kier molecular flexibility index (Phi) is 4.14. The van der Waals surface area contributed by atoms with Gasteiger partial charge in [-0.25, -0.2) is 14.2 Å². The van der Waals surface area contributed by atoms with Gasteiger partial charge in [-0.2, -0.15) is 0 Å². The number of hydrogen-bond acceptors (Lipinski definition) is 2. The van der Waals surface area contributed by atoms with Crippen LogP contribution >= 0.6 is 11.6 Å². The quantitative estimate of drug-likeness (QED) is 0.514. The van der Waals surface area contributed by atoms with Crippen LogP contribution in [0.5, 0.6) is 0 Å². The first-order valence-electron chi connectivity index (χ1n) is 5.70. The molecule has 100 valence electrons. The van der Waals surface area contributed by atoms with Gasteiger partial charge < -0.3 is 0 Å². The molecule has 0 amide bonds. The van der Waals surface area contributed by atoms with Crippen LogP contribution < -0.4 is 11.3 Å². The van der Waals surface area contributed by atoms with Gasteiger partial charge in [0, 0.05) is 5.56 Å². The van der Waals surface area contributed by atoms with Crippen LogP contribution in [0.1, 0.15) is 22.7 Å². The smallest absolute Gasteiger partial charge is 0.142 e. The molecule has 0 bridgehead atoms. The van der Waals surface area contributed by atoms with E-state index in [9.17, 15) is 8.78 Å². The molecule has 0 heterocycles. The topological polar surface area (TPSA) is 38.0 Å². The van der Waals surface area contributed by atoms with Crippen molar-refractivity contribution in [2.24, 2.45) is 5.84 Å². The highest BCUT2D eigenvalue weighted by Gasteiger charge is 2.20. The van der Waals surface area contributed by atoms with Crippen LogP contribution in [-0.2, 0) is 0 Å². The van der Waals surface area contributed by atoms with Crippen LogP contribution in [0.25, 0.3) is 0 Å². The first-order chi connectivity index (χ1) is 9.04. The van der Waals surface area contributed by atoms with Gasteiger partial charge in [0.2, 0.25) is 0 Å². The van der Waals surface area contributed by atoms with Crippen LogP contribution in [0.2, 0.25) is 5.02 Å². The fourth-order valence-corrected chi connectivity index (χ4v) is 2.17. The molecule has 5 heteroatoms. The third-order valence-electron chi connectivity index (χ3n) is 3.02. The molecule has 0 fully saturated rings. The number of aryl methyl sites for hydroxylation is 1. The monoisotopic (exact) mass is 282 g/mol. The number of hydrogen-bond donors (Lipinski definition) is 2. The Labute approximate surface area is 115 Å². The van der Waals surface area contributed by atoms with E-state index in [2.05, 4.69) is 5.43 Å². The number of nitrogens with two attached hydrogens (primary N) is 1. The molecule has 1 atom stereocenters. The second kappa shape index (κ2) is 5.65. The Morgan fingerprint density at radius 3 is 2.42 bits per heavy atom.